The van der Waals surface area contributed by atoms with Crippen LogP contribution in [-0.2, 0) is 9.53 Å². The molecule has 1 saturated heterocycles. The van der Waals surface area contributed by atoms with Crippen LogP contribution >= 0.6 is 35.5 Å². The zero-order valence-corrected chi connectivity index (χ0v) is 15.9. The van der Waals surface area contributed by atoms with Crippen molar-refractivity contribution in [1.82, 2.24) is 10.3 Å². The van der Waals surface area contributed by atoms with Crippen molar-refractivity contribution in [3.05, 3.63) is 29.6 Å². The summed E-state index contributed by atoms with van der Waals surface area (Å²) < 4.78 is 5.50. The fourth-order valence-corrected chi connectivity index (χ4v) is 3.57. The molecule has 1 aromatic heterocycles. The Kier molecular flexibility index (Phi) is 7.06. The lowest BCUT2D eigenvalue weighted by atomic mass is 10.1. The number of nitrogens with one attached hydrogen (secondary N) is 2. The number of thioether (sulfide) groups is 1. The molecule has 0 spiro atoms. The minimum Gasteiger partial charge on any atom is -0.375 e. The Bertz CT molecular complexity index is 678. The first-order valence-corrected chi connectivity index (χ1v) is 9.53. The molecule has 5 nitrogen and oxygen atoms in total. The topological polar surface area (TPSA) is 63.2 Å². The van der Waals surface area contributed by atoms with Gasteiger partial charge in [0, 0.05) is 22.4 Å². The number of hydrogen-bond donors (Lipinski definition) is 2. The van der Waals surface area contributed by atoms with Gasteiger partial charge in [0.05, 0.1) is 18.4 Å². The number of thiazole rings is 1. The number of hydrogen-bond acceptors (Lipinski definition) is 6. The van der Waals surface area contributed by atoms with Gasteiger partial charge in [0.1, 0.15) is 6.04 Å². The predicted octanol–water partition coefficient (Wildman–Crippen LogP) is 3.27. The Morgan fingerprint density at radius 2 is 2.17 bits per heavy atom. The Morgan fingerprint density at radius 3 is 2.83 bits per heavy atom. The van der Waals surface area contributed by atoms with Crippen molar-refractivity contribution in [2.75, 3.05) is 24.7 Å². The van der Waals surface area contributed by atoms with Gasteiger partial charge in [-0.1, -0.05) is 12.1 Å². The van der Waals surface area contributed by atoms with Gasteiger partial charge >= 0.3 is 0 Å². The summed E-state index contributed by atoms with van der Waals surface area (Å²) in [5, 5.41) is 8.62. The summed E-state index contributed by atoms with van der Waals surface area (Å²) >= 11 is 3.14. The molecule has 1 aliphatic heterocycles. The third-order valence-corrected chi connectivity index (χ3v) is 5.22. The van der Waals surface area contributed by atoms with Crippen molar-refractivity contribution < 1.29 is 9.53 Å². The van der Waals surface area contributed by atoms with Crippen molar-refractivity contribution in [2.45, 2.75) is 24.0 Å². The lowest BCUT2D eigenvalue weighted by Crippen LogP contribution is -2.53. The number of amides is 1. The second kappa shape index (κ2) is 8.82. The number of carbonyl (C=O) groups excluding carboxylic acids is 1. The first-order chi connectivity index (χ1) is 11.2. The first kappa shape index (κ1) is 19.2. The molecule has 1 aromatic carbocycles. The number of nitrogens with zero attached hydrogens (tertiary/aromatic N) is 1. The van der Waals surface area contributed by atoms with Crippen LogP contribution in [0.4, 0.5) is 5.13 Å². The lowest BCUT2D eigenvalue weighted by Gasteiger charge is -2.28. The summed E-state index contributed by atoms with van der Waals surface area (Å²) in [5.41, 5.74) is 1.92. The zero-order valence-electron chi connectivity index (χ0n) is 13.4. The number of aromatic nitrogens is 1. The monoisotopic (exact) mass is 385 g/mol. The molecule has 24 heavy (non-hydrogen) atoms. The highest BCUT2D eigenvalue weighted by atomic mass is 35.5. The normalized spacial score (nSPS) is 20.2. The molecule has 1 aliphatic rings. The van der Waals surface area contributed by atoms with Gasteiger partial charge in [-0.25, -0.2) is 4.98 Å². The molecule has 1 fully saturated rings. The summed E-state index contributed by atoms with van der Waals surface area (Å²) in [7, 11) is 0. The van der Waals surface area contributed by atoms with E-state index in [9.17, 15) is 4.79 Å². The van der Waals surface area contributed by atoms with Crippen LogP contribution in [0.2, 0.25) is 0 Å². The fourth-order valence-electron chi connectivity index (χ4n) is 2.44. The van der Waals surface area contributed by atoms with Gasteiger partial charge in [0.2, 0.25) is 5.91 Å². The molecule has 2 aromatic rings. The number of carbonyl (C=O) groups is 1. The summed E-state index contributed by atoms with van der Waals surface area (Å²) in [4.78, 5) is 18.0. The Hall–Kier alpha value is -1.12. The average molecular weight is 386 g/mol. The van der Waals surface area contributed by atoms with Crippen LogP contribution in [0.25, 0.3) is 11.3 Å². The van der Waals surface area contributed by atoms with E-state index < -0.39 is 0 Å². The van der Waals surface area contributed by atoms with Gasteiger partial charge in [0.25, 0.3) is 0 Å². The number of benzene rings is 1. The maximum Gasteiger partial charge on any atom is 0.245 e. The van der Waals surface area contributed by atoms with E-state index in [1.165, 1.54) is 16.2 Å². The molecule has 8 heteroatoms. The molecule has 2 atom stereocenters. The van der Waals surface area contributed by atoms with Crippen molar-refractivity contribution in [3.8, 4) is 11.3 Å². The molecule has 0 radical (unpaired) electrons. The highest BCUT2D eigenvalue weighted by Gasteiger charge is 2.28. The summed E-state index contributed by atoms with van der Waals surface area (Å²) in [6.07, 6.45) is 1.91. The number of anilines is 1. The second-order valence-corrected chi connectivity index (χ2v) is 7.00. The highest BCUT2D eigenvalue weighted by molar-refractivity contribution is 7.98. The van der Waals surface area contributed by atoms with Crippen LogP contribution in [0.3, 0.4) is 0 Å². The van der Waals surface area contributed by atoms with Crippen LogP contribution in [0, 0.1) is 0 Å². The van der Waals surface area contributed by atoms with Crippen molar-refractivity contribution in [2.24, 2.45) is 0 Å². The molecule has 1 amide bonds. The summed E-state index contributed by atoms with van der Waals surface area (Å²) in [6, 6.07) is 7.90. The Balaban J connectivity index is 0.00000208. The lowest BCUT2D eigenvalue weighted by molar-refractivity contribution is -0.123. The van der Waals surface area contributed by atoms with Gasteiger partial charge in [-0.2, -0.15) is 0 Å². The Labute approximate surface area is 156 Å². The highest BCUT2D eigenvalue weighted by Crippen LogP contribution is 2.27. The van der Waals surface area contributed by atoms with Crippen LogP contribution < -0.4 is 10.6 Å². The number of halogens is 1. The van der Waals surface area contributed by atoms with Gasteiger partial charge < -0.3 is 15.4 Å². The molecule has 3 rings (SSSR count). The third kappa shape index (κ3) is 4.49. The average Bonchev–Trinajstić information content (AvgIpc) is 3.03. The first-order valence-electron chi connectivity index (χ1n) is 7.43. The number of morpholine rings is 1. The van der Waals surface area contributed by atoms with Crippen LogP contribution in [0.5, 0.6) is 0 Å². The molecule has 0 unspecified atom stereocenters. The van der Waals surface area contributed by atoms with E-state index >= 15 is 0 Å². The predicted molar refractivity (Wildman–Crippen MR) is 102 cm³/mol. The molecular weight excluding hydrogens is 366 g/mol. The quantitative estimate of drug-likeness (QED) is 0.791. The van der Waals surface area contributed by atoms with Gasteiger partial charge in [0.15, 0.2) is 5.13 Å². The zero-order chi connectivity index (χ0) is 16.2. The molecule has 0 saturated carbocycles. The van der Waals surface area contributed by atoms with Gasteiger partial charge in [-0.3, -0.25) is 4.79 Å². The van der Waals surface area contributed by atoms with Gasteiger partial charge in [-0.05, 0) is 25.3 Å². The molecule has 2 N–H and O–H groups in total. The van der Waals surface area contributed by atoms with E-state index in [2.05, 4.69) is 34.0 Å². The van der Waals surface area contributed by atoms with E-state index in [0.717, 1.165) is 11.3 Å². The molecule has 130 valence electrons. The fraction of sp³-hybridized carbons (Fsp3) is 0.375. The van der Waals surface area contributed by atoms with Crippen molar-refractivity contribution in [1.29, 1.82) is 0 Å². The Morgan fingerprint density at radius 1 is 1.42 bits per heavy atom. The second-order valence-electron chi connectivity index (χ2n) is 5.26. The third-order valence-electron chi connectivity index (χ3n) is 3.72. The van der Waals surface area contributed by atoms with E-state index in [1.807, 2.05) is 24.4 Å². The summed E-state index contributed by atoms with van der Waals surface area (Å²) in [6.45, 7) is 3.22. The minimum absolute atomic E-state index is 0. The minimum atomic E-state index is -0.336. The molecular formula is C16H20ClN3O2S2. The summed E-state index contributed by atoms with van der Waals surface area (Å²) in [5.74, 6) is -0.101. The SMILES string of the molecule is CSc1ccc(-c2csc(NC(=O)[C@H]3NCCO[C@@H]3C)n2)cc1.Cl. The van der Waals surface area contributed by atoms with Crippen molar-refractivity contribution in [3.63, 3.8) is 0 Å². The molecule has 2 heterocycles. The number of rotatable bonds is 4. The standard InChI is InChI=1S/C16H19N3O2S2.ClH/c1-10-14(17-7-8-21-10)15(20)19-16-18-13(9-23-16)11-3-5-12(22-2)6-4-11;/h3-6,9-10,14,17H,7-8H2,1-2H3,(H,18,19,20);1H/t10-,14+;/m1./s1. The van der Waals surface area contributed by atoms with E-state index in [1.54, 1.807) is 11.8 Å². The largest absolute Gasteiger partial charge is 0.375 e. The van der Waals surface area contributed by atoms with Crippen LogP contribution in [0.1, 0.15) is 6.92 Å². The smallest absolute Gasteiger partial charge is 0.245 e. The molecule has 0 bridgehead atoms. The maximum absolute atomic E-state index is 12.3. The van der Waals surface area contributed by atoms with E-state index in [0.29, 0.717) is 18.3 Å². The van der Waals surface area contributed by atoms with E-state index in [4.69, 9.17) is 4.74 Å². The van der Waals surface area contributed by atoms with E-state index in [-0.39, 0.29) is 30.5 Å². The molecule has 0 aliphatic carbocycles. The van der Waals surface area contributed by atoms with Crippen molar-refractivity contribution >= 4 is 46.5 Å². The number of ether oxygens (including phenoxy) is 1. The maximum atomic E-state index is 12.3. The van der Waals surface area contributed by atoms with Gasteiger partial charge in [-0.15, -0.1) is 35.5 Å². The van der Waals surface area contributed by atoms with Crippen LogP contribution in [-0.4, -0.2) is 42.4 Å². The van der Waals surface area contributed by atoms with Crippen LogP contribution in [0.15, 0.2) is 34.5 Å².